The van der Waals surface area contributed by atoms with Gasteiger partial charge in [-0.1, -0.05) is 43.7 Å². The lowest BCUT2D eigenvalue weighted by molar-refractivity contribution is 0.0910. The predicted molar refractivity (Wildman–Crippen MR) is 92.7 cm³/mol. The first-order chi connectivity index (χ1) is 11.7. The van der Waals surface area contributed by atoms with Crippen LogP contribution in [0.25, 0.3) is 0 Å². The predicted octanol–water partition coefficient (Wildman–Crippen LogP) is 2.59. The fourth-order valence-corrected chi connectivity index (χ4v) is 3.38. The van der Waals surface area contributed by atoms with Crippen molar-refractivity contribution < 1.29 is 4.74 Å². The van der Waals surface area contributed by atoms with Gasteiger partial charge in [0.25, 0.3) is 0 Å². The Hall–Kier alpha value is -1.79. The molecule has 2 aromatic rings. The van der Waals surface area contributed by atoms with Gasteiger partial charge in [0.05, 0.1) is 18.7 Å². The Bertz CT molecular complexity index is 629. The number of hydrogen-bond acceptors (Lipinski definition) is 5. The second-order valence-corrected chi connectivity index (χ2v) is 6.39. The molecule has 0 unspecified atom stereocenters. The second kappa shape index (κ2) is 7.85. The van der Waals surface area contributed by atoms with Gasteiger partial charge in [-0.2, -0.15) is 0 Å². The fraction of sp³-hybridized carbons (Fsp3) is 0.611. The average Bonchev–Trinajstić information content (AvgIpc) is 3.26. The Morgan fingerprint density at radius 2 is 2.00 bits per heavy atom. The van der Waals surface area contributed by atoms with E-state index in [4.69, 9.17) is 4.74 Å². The molecule has 0 saturated carbocycles. The van der Waals surface area contributed by atoms with Gasteiger partial charge in [-0.3, -0.25) is 4.90 Å². The molecule has 6 heteroatoms. The average molecular weight is 329 g/mol. The number of benzene rings is 1. The molecule has 0 bridgehead atoms. The van der Waals surface area contributed by atoms with Crippen LogP contribution in [0.3, 0.4) is 0 Å². The Morgan fingerprint density at radius 3 is 2.62 bits per heavy atom. The molecule has 1 aromatic carbocycles. The second-order valence-electron chi connectivity index (χ2n) is 6.39. The van der Waals surface area contributed by atoms with E-state index in [0.717, 1.165) is 44.9 Å². The summed E-state index contributed by atoms with van der Waals surface area (Å²) in [5.74, 6) is 0.901. The van der Waals surface area contributed by atoms with Crippen LogP contribution in [-0.4, -0.2) is 50.9 Å². The lowest BCUT2D eigenvalue weighted by Gasteiger charge is -2.29. The summed E-state index contributed by atoms with van der Waals surface area (Å²) < 4.78 is 7.69. The number of ether oxygens (including phenoxy) is 1. The van der Waals surface area contributed by atoms with E-state index in [-0.39, 0.29) is 12.1 Å². The molecule has 1 aliphatic rings. The molecule has 0 spiro atoms. The van der Waals surface area contributed by atoms with Crippen LogP contribution in [0, 0.1) is 6.92 Å². The van der Waals surface area contributed by atoms with Crippen LogP contribution >= 0.6 is 0 Å². The molecule has 3 rings (SSSR count). The number of rotatable bonds is 7. The third kappa shape index (κ3) is 3.65. The van der Waals surface area contributed by atoms with Crippen molar-refractivity contribution in [2.24, 2.45) is 0 Å². The first-order valence-corrected chi connectivity index (χ1v) is 8.91. The van der Waals surface area contributed by atoms with Crippen LogP contribution in [0.5, 0.6) is 0 Å². The Balaban J connectivity index is 1.93. The summed E-state index contributed by atoms with van der Waals surface area (Å²) in [5, 5.41) is 12.6. The number of hydrogen-bond donors (Lipinski definition) is 0. The van der Waals surface area contributed by atoms with Crippen molar-refractivity contribution in [2.75, 3.05) is 19.7 Å². The molecule has 130 valence electrons. The molecular formula is C18H27N5O. The number of aryl methyl sites for hydroxylation is 1. The van der Waals surface area contributed by atoms with Crippen LogP contribution in [0.2, 0.25) is 0 Å². The van der Waals surface area contributed by atoms with Crippen molar-refractivity contribution in [1.29, 1.82) is 0 Å². The van der Waals surface area contributed by atoms with E-state index in [0.29, 0.717) is 0 Å². The van der Waals surface area contributed by atoms with Crippen LogP contribution in [0.4, 0.5) is 0 Å². The third-order valence-electron chi connectivity index (χ3n) is 4.78. The Morgan fingerprint density at radius 1 is 1.25 bits per heavy atom. The SMILES string of the molecule is CCN(CC)[C@@H](c1ccc(C)cc1)c1nnnn1C[C@H]1CCCO1. The monoisotopic (exact) mass is 329 g/mol. The number of tetrazole rings is 1. The summed E-state index contributed by atoms with van der Waals surface area (Å²) in [6, 6.07) is 8.74. The van der Waals surface area contributed by atoms with Crippen molar-refractivity contribution in [3.8, 4) is 0 Å². The van der Waals surface area contributed by atoms with Crippen LogP contribution < -0.4 is 0 Å². The smallest absolute Gasteiger partial charge is 0.173 e. The van der Waals surface area contributed by atoms with Crippen molar-refractivity contribution in [1.82, 2.24) is 25.1 Å². The third-order valence-corrected chi connectivity index (χ3v) is 4.78. The Kier molecular flexibility index (Phi) is 5.58. The highest BCUT2D eigenvalue weighted by molar-refractivity contribution is 5.28. The largest absolute Gasteiger partial charge is 0.376 e. The Labute approximate surface area is 143 Å². The molecule has 0 N–H and O–H groups in total. The molecule has 2 heterocycles. The maximum atomic E-state index is 5.77. The number of nitrogens with zero attached hydrogens (tertiary/aromatic N) is 5. The van der Waals surface area contributed by atoms with E-state index in [1.54, 1.807) is 0 Å². The molecule has 1 aromatic heterocycles. The van der Waals surface area contributed by atoms with Crippen LogP contribution in [0.1, 0.15) is 49.7 Å². The van der Waals surface area contributed by atoms with Crippen LogP contribution in [-0.2, 0) is 11.3 Å². The summed E-state index contributed by atoms with van der Waals surface area (Å²) in [6.45, 7) is 9.94. The summed E-state index contributed by atoms with van der Waals surface area (Å²) >= 11 is 0. The van der Waals surface area contributed by atoms with E-state index in [2.05, 4.69) is 65.5 Å². The van der Waals surface area contributed by atoms with Crippen molar-refractivity contribution in [3.63, 3.8) is 0 Å². The molecule has 2 atom stereocenters. The van der Waals surface area contributed by atoms with Gasteiger partial charge in [0.2, 0.25) is 0 Å². The zero-order chi connectivity index (χ0) is 16.9. The molecular weight excluding hydrogens is 302 g/mol. The summed E-state index contributed by atoms with van der Waals surface area (Å²) in [4.78, 5) is 2.39. The minimum atomic E-state index is 0.0667. The van der Waals surface area contributed by atoms with Crippen molar-refractivity contribution in [3.05, 3.63) is 41.2 Å². The maximum absolute atomic E-state index is 5.77. The molecule has 0 aliphatic carbocycles. The fourth-order valence-electron chi connectivity index (χ4n) is 3.38. The van der Waals surface area contributed by atoms with Gasteiger partial charge >= 0.3 is 0 Å². The first kappa shape index (κ1) is 17.0. The zero-order valence-electron chi connectivity index (χ0n) is 14.9. The normalized spacial score (nSPS) is 19.1. The highest BCUT2D eigenvalue weighted by Crippen LogP contribution is 2.27. The first-order valence-electron chi connectivity index (χ1n) is 8.91. The van der Waals surface area contributed by atoms with Gasteiger partial charge in [-0.05, 0) is 48.8 Å². The molecule has 0 amide bonds. The van der Waals surface area contributed by atoms with Gasteiger partial charge in [0.15, 0.2) is 5.82 Å². The topological polar surface area (TPSA) is 56.1 Å². The summed E-state index contributed by atoms with van der Waals surface area (Å²) in [7, 11) is 0. The van der Waals surface area contributed by atoms with Crippen molar-refractivity contribution >= 4 is 0 Å². The van der Waals surface area contributed by atoms with Crippen LogP contribution in [0.15, 0.2) is 24.3 Å². The van der Waals surface area contributed by atoms with Gasteiger partial charge in [0.1, 0.15) is 0 Å². The van der Waals surface area contributed by atoms with Crippen molar-refractivity contribution in [2.45, 2.75) is 52.3 Å². The lowest BCUT2D eigenvalue weighted by atomic mass is 10.0. The zero-order valence-corrected chi connectivity index (χ0v) is 14.9. The quantitative estimate of drug-likeness (QED) is 0.781. The van der Waals surface area contributed by atoms with Gasteiger partial charge < -0.3 is 4.74 Å². The molecule has 0 radical (unpaired) electrons. The molecule has 6 nitrogen and oxygen atoms in total. The molecule has 24 heavy (non-hydrogen) atoms. The van der Waals surface area contributed by atoms with Gasteiger partial charge in [-0.15, -0.1) is 5.10 Å². The minimum Gasteiger partial charge on any atom is -0.376 e. The standard InChI is InChI=1S/C18H27N5O/c1-4-22(5-2)17(15-10-8-14(3)9-11-15)18-19-20-21-23(18)13-16-7-6-12-24-16/h8-11,16-17H,4-7,12-13H2,1-3H3/t16-,17+/m1/s1. The lowest BCUT2D eigenvalue weighted by Crippen LogP contribution is -2.32. The molecule has 1 fully saturated rings. The highest BCUT2D eigenvalue weighted by Gasteiger charge is 2.27. The molecule has 1 aliphatic heterocycles. The highest BCUT2D eigenvalue weighted by atomic mass is 16.5. The van der Waals surface area contributed by atoms with Gasteiger partial charge in [-0.25, -0.2) is 4.68 Å². The number of aromatic nitrogens is 4. The molecule has 1 saturated heterocycles. The van der Waals surface area contributed by atoms with E-state index in [9.17, 15) is 0 Å². The van der Waals surface area contributed by atoms with E-state index in [1.807, 2.05) is 4.68 Å². The van der Waals surface area contributed by atoms with E-state index in [1.165, 1.54) is 11.1 Å². The maximum Gasteiger partial charge on any atom is 0.173 e. The minimum absolute atomic E-state index is 0.0667. The van der Waals surface area contributed by atoms with E-state index >= 15 is 0 Å². The summed E-state index contributed by atoms with van der Waals surface area (Å²) in [5.41, 5.74) is 2.49. The van der Waals surface area contributed by atoms with Gasteiger partial charge in [0, 0.05) is 6.61 Å². The summed E-state index contributed by atoms with van der Waals surface area (Å²) in [6.07, 6.45) is 2.43. The van der Waals surface area contributed by atoms with E-state index < -0.39 is 0 Å².